The average Bonchev–Trinajstić information content (AvgIpc) is 2.71. The zero-order valence-corrected chi connectivity index (χ0v) is 15.6. The van der Waals surface area contributed by atoms with Crippen molar-refractivity contribution >= 4 is 34.3 Å². The molecule has 7 heteroatoms. The van der Waals surface area contributed by atoms with E-state index in [1.54, 1.807) is 34.9 Å². The summed E-state index contributed by atoms with van der Waals surface area (Å²) in [5.74, 6) is -0.126. The maximum absolute atomic E-state index is 12.7. The van der Waals surface area contributed by atoms with Crippen molar-refractivity contribution < 1.29 is 4.79 Å². The van der Waals surface area contributed by atoms with Crippen LogP contribution in [-0.2, 0) is 11.3 Å². The van der Waals surface area contributed by atoms with E-state index in [4.69, 9.17) is 5.26 Å². The number of nitriles is 1. The summed E-state index contributed by atoms with van der Waals surface area (Å²) in [7, 11) is 0. The van der Waals surface area contributed by atoms with Crippen molar-refractivity contribution in [2.75, 3.05) is 17.2 Å². The van der Waals surface area contributed by atoms with Gasteiger partial charge in [0.1, 0.15) is 6.54 Å². The van der Waals surface area contributed by atoms with Crippen LogP contribution in [0.5, 0.6) is 0 Å². The van der Waals surface area contributed by atoms with Gasteiger partial charge in [0.2, 0.25) is 5.91 Å². The molecule has 2 aromatic carbocycles. The first-order valence-electron chi connectivity index (χ1n) is 8.50. The normalized spacial score (nSPS) is 10.5. The lowest BCUT2D eigenvalue weighted by Gasteiger charge is -2.19. The average molecular weight is 378 g/mol. The van der Waals surface area contributed by atoms with Crippen LogP contribution in [0.15, 0.2) is 64.5 Å². The molecular weight excluding hydrogens is 360 g/mol. The van der Waals surface area contributed by atoms with E-state index in [-0.39, 0.29) is 23.8 Å². The molecule has 0 aliphatic carbocycles. The summed E-state index contributed by atoms with van der Waals surface area (Å²) in [5.41, 5.74) is 1.16. The molecule has 0 bridgehead atoms. The number of rotatable bonds is 6. The van der Waals surface area contributed by atoms with E-state index in [2.05, 4.69) is 4.98 Å². The number of aromatic nitrogens is 2. The van der Waals surface area contributed by atoms with E-state index in [1.165, 1.54) is 16.7 Å². The van der Waals surface area contributed by atoms with Crippen molar-refractivity contribution in [2.24, 2.45) is 0 Å². The monoisotopic (exact) mass is 378 g/mol. The van der Waals surface area contributed by atoms with E-state index in [0.717, 1.165) is 0 Å². The Kier molecular flexibility index (Phi) is 5.89. The molecule has 0 N–H and O–H groups in total. The van der Waals surface area contributed by atoms with E-state index in [0.29, 0.717) is 28.3 Å². The lowest BCUT2D eigenvalue weighted by Crippen LogP contribution is -2.33. The minimum Gasteiger partial charge on any atom is -0.298 e. The molecule has 136 valence electrons. The molecule has 0 aliphatic rings. The molecule has 1 amide bonds. The van der Waals surface area contributed by atoms with Crippen molar-refractivity contribution in [3.05, 3.63) is 65.0 Å². The fraction of sp³-hybridized carbons (Fsp3) is 0.200. The Morgan fingerprint density at radius 1 is 1.19 bits per heavy atom. The first-order valence-corrected chi connectivity index (χ1v) is 9.49. The minimum atomic E-state index is -0.210. The van der Waals surface area contributed by atoms with Crippen LogP contribution >= 0.6 is 11.8 Å². The first kappa shape index (κ1) is 18.7. The first-order chi connectivity index (χ1) is 13.2. The Labute approximate surface area is 161 Å². The molecule has 3 aromatic rings. The van der Waals surface area contributed by atoms with Crippen LogP contribution in [0.1, 0.15) is 6.92 Å². The third-order valence-corrected chi connectivity index (χ3v) is 5.03. The number of thioether (sulfide) groups is 1. The van der Waals surface area contributed by atoms with Gasteiger partial charge in [0.05, 0.1) is 22.7 Å². The van der Waals surface area contributed by atoms with Crippen LogP contribution in [-0.4, -0.2) is 27.8 Å². The van der Waals surface area contributed by atoms with Crippen LogP contribution in [0.4, 0.5) is 5.69 Å². The molecule has 0 aliphatic heterocycles. The van der Waals surface area contributed by atoms with Crippen LogP contribution in [0.3, 0.4) is 0 Å². The van der Waals surface area contributed by atoms with Gasteiger partial charge in [-0.3, -0.25) is 19.1 Å². The molecule has 0 saturated carbocycles. The van der Waals surface area contributed by atoms with Gasteiger partial charge in [0.15, 0.2) is 5.16 Å². The molecule has 27 heavy (non-hydrogen) atoms. The van der Waals surface area contributed by atoms with E-state index >= 15 is 0 Å². The summed E-state index contributed by atoms with van der Waals surface area (Å²) in [6.07, 6.45) is 0. The van der Waals surface area contributed by atoms with Gasteiger partial charge in [-0.05, 0) is 31.2 Å². The van der Waals surface area contributed by atoms with Gasteiger partial charge >= 0.3 is 0 Å². The fourth-order valence-corrected chi connectivity index (χ4v) is 3.68. The Balaban J connectivity index is 1.86. The Hall–Kier alpha value is -3.11. The number of benzene rings is 2. The molecule has 6 nitrogen and oxygen atoms in total. The lowest BCUT2D eigenvalue weighted by atomic mass is 10.2. The number of carbonyl (C=O) groups is 1. The smallest absolute Gasteiger partial charge is 0.262 e. The zero-order valence-electron chi connectivity index (χ0n) is 14.8. The van der Waals surface area contributed by atoms with Crippen LogP contribution < -0.4 is 10.5 Å². The molecule has 0 radical (unpaired) electrons. The summed E-state index contributed by atoms with van der Waals surface area (Å²) in [6, 6.07) is 18.3. The van der Waals surface area contributed by atoms with Gasteiger partial charge < -0.3 is 0 Å². The Morgan fingerprint density at radius 2 is 1.89 bits per heavy atom. The van der Waals surface area contributed by atoms with Crippen molar-refractivity contribution in [3.63, 3.8) is 0 Å². The van der Waals surface area contributed by atoms with Crippen molar-refractivity contribution in [1.29, 1.82) is 5.26 Å². The SMILES string of the molecule is CCn1c(SCC(=O)N(CC#N)c2ccccc2)nc2ccccc2c1=O. The third kappa shape index (κ3) is 4.01. The van der Waals surface area contributed by atoms with Crippen molar-refractivity contribution in [1.82, 2.24) is 9.55 Å². The topological polar surface area (TPSA) is 79.0 Å². The molecule has 0 fully saturated rings. The van der Waals surface area contributed by atoms with Gasteiger partial charge in [-0.1, -0.05) is 42.1 Å². The highest BCUT2D eigenvalue weighted by Crippen LogP contribution is 2.20. The maximum Gasteiger partial charge on any atom is 0.262 e. The second kappa shape index (κ2) is 8.52. The highest BCUT2D eigenvalue weighted by molar-refractivity contribution is 7.99. The predicted molar refractivity (Wildman–Crippen MR) is 107 cm³/mol. The predicted octanol–water partition coefficient (Wildman–Crippen LogP) is 3.07. The number of amides is 1. The van der Waals surface area contributed by atoms with Crippen LogP contribution in [0, 0.1) is 11.3 Å². The molecular formula is C20H18N4O2S. The van der Waals surface area contributed by atoms with Gasteiger partial charge in [-0.25, -0.2) is 4.98 Å². The number of anilines is 1. The number of fused-ring (bicyclic) bond motifs is 1. The number of hydrogen-bond acceptors (Lipinski definition) is 5. The summed E-state index contributed by atoms with van der Waals surface area (Å²) in [6.45, 7) is 2.30. The molecule has 3 rings (SSSR count). The van der Waals surface area contributed by atoms with E-state index < -0.39 is 0 Å². The Bertz CT molecular complexity index is 1060. The number of nitrogens with zero attached hydrogens (tertiary/aromatic N) is 4. The van der Waals surface area contributed by atoms with Gasteiger partial charge in [0.25, 0.3) is 5.56 Å². The second-order valence-electron chi connectivity index (χ2n) is 5.72. The van der Waals surface area contributed by atoms with Gasteiger partial charge in [-0.15, -0.1) is 0 Å². The highest BCUT2D eigenvalue weighted by atomic mass is 32.2. The Morgan fingerprint density at radius 3 is 2.59 bits per heavy atom. The summed E-state index contributed by atoms with van der Waals surface area (Å²) >= 11 is 1.21. The largest absolute Gasteiger partial charge is 0.298 e. The molecule has 0 atom stereocenters. The fourth-order valence-electron chi connectivity index (χ4n) is 2.74. The van der Waals surface area contributed by atoms with Gasteiger partial charge in [0, 0.05) is 12.2 Å². The van der Waals surface area contributed by atoms with Crippen LogP contribution in [0.25, 0.3) is 10.9 Å². The number of hydrogen-bond donors (Lipinski definition) is 0. The third-order valence-electron chi connectivity index (χ3n) is 4.07. The standard InChI is InChI=1S/C20H18N4O2S/c1-2-23-19(26)16-10-6-7-11-17(16)22-20(23)27-14-18(25)24(13-12-21)15-8-4-3-5-9-15/h3-11H,2,13-14H2,1H3. The van der Waals surface area contributed by atoms with Crippen molar-refractivity contribution in [3.8, 4) is 6.07 Å². The minimum absolute atomic E-state index is 0.0326. The summed E-state index contributed by atoms with van der Waals surface area (Å²) in [4.78, 5) is 31.3. The summed E-state index contributed by atoms with van der Waals surface area (Å²) in [5, 5.41) is 10.1. The van der Waals surface area contributed by atoms with Gasteiger partial charge in [-0.2, -0.15) is 5.26 Å². The van der Waals surface area contributed by atoms with E-state index in [9.17, 15) is 9.59 Å². The molecule has 0 saturated heterocycles. The van der Waals surface area contributed by atoms with Crippen molar-refractivity contribution in [2.45, 2.75) is 18.6 Å². The lowest BCUT2D eigenvalue weighted by molar-refractivity contribution is -0.116. The maximum atomic E-state index is 12.7. The van der Waals surface area contributed by atoms with Crippen LogP contribution in [0.2, 0.25) is 0 Å². The highest BCUT2D eigenvalue weighted by Gasteiger charge is 2.18. The second-order valence-corrected chi connectivity index (χ2v) is 6.67. The van der Waals surface area contributed by atoms with E-state index in [1.807, 2.05) is 37.3 Å². The molecule has 0 spiro atoms. The summed E-state index contributed by atoms with van der Waals surface area (Å²) < 4.78 is 1.57. The molecule has 1 heterocycles. The quantitative estimate of drug-likeness (QED) is 0.374. The molecule has 1 aromatic heterocycles. The molecule has 0 unspecified atom stereocenters. The zero-order chi connectivity index (χ0) is 19.2. The number of carbonyl (C=O) groups excluding carboxylic acids is 1. The number of para-hydroxylation sites is 2.